The molecule has 19 heavy (non-hydrogen) atoms. The Kier molecular flexibility index (Phi) is 4.95. The molecule has 102 valence electrons. The predicted molar refractivity (Wildman–Crippen MR) is 78.1 cm³/mol. The van der Waals surface area contributed by atoms with Crippen molar-refractivity contribution in [3.05, 3.63) is 42.0 Å². The van der Waals surface area contributed by atoms with Gasteiger partial charge in [0.2, 0.25) is 0 Å². The smallest absolute Gasteiger partial charge is 0.146 e. The Labute approximate surface area is 114 Å². The highest BCUT2D eigenvalue weighted by Gasteiger charge is 2.05. The summed E-state index contributed by atoms with van der Waals surface area (Å²) in [6.07, 6.45) is 4.96. The van der Waals surface area contributed by atoms with Gasteiger partial charge in [-0.1, -0.05) is 38.5 Å². The van der Waals surface area contributed by atoms with Crippen LogP contribution in [0.3, 0.4) is 0 Å². The van der Waals surface area contributed by atoms with Crippen LogP contribution in [0.5, 0.6) is 0 Å². The quantitative estimate of drug-likeness (QED) is 0.829. The van der Waals surface area contributed by atoms with Crippen molar-refractivity contribution in [1.82, 2.24) is 14.8 Å². The van der Waals surface area contributed by atoms with Gasteiger partial charge in [-0.05, 0) is 24.5 Å². The minimum absolute atomic E-state index is 0.723. The molecule has 0 spiro atoms. The second-order valence-electron chi connectivity index (χ2n) is 4.66. The van der Waals surface area contributed by atoms with Crippen molar-refractivity contribution in [2.75, 3.05) is 5.32 Å². The molecule has 2 rings (SSSR count). The molecule has 0 atom stereocenters. The van der Waals surface area contributed by atoms with E-state index in [1.807, 2.05) is 4.68 Å². The highest BCUT2D eigenvalue weighted by Crippen LogP contribution is 2.17. The lowest BCUT2D eigenvalue weighted by Gasteiger charge is -2.11. The number of nitrogens with one attached hydrogen (secondary N) is 1. The number of hydrogen-bond donors (Lipinski definition) is 1. The molecule has 1 heterocycles. The molecule has 1 aromatic carbocycles. The van der Waals surface area contributed by atoms with Crippen LogP contribution in [0.2, 0.25) is 0 Å². The largest absolute Gasteiger partial charge is 0.378 e. The summed E-state index contributed by atoms with van der Waals surface area (Å²) < 4.78 is 1.97. The van der Waals surface area contributed by atoms with Crippen molar-refractivity contribution in [1.29, 1.82) is 0 Å². The Balaban J connectivity index is 2.03. The summed E-state index contributed by atoms with van der Waals surface area (Å²) in [6, 6.07) is 8.47. The molecule has 4 heteroatoms. The maximum absolute atomic E-state index is 4.31. The zero-order valence-corrected chi connectivity index (χ0v) is 11.8. The minimum Gasteiger partial charge on any atom is -0.378 e. The van der Waals surface area contributed by atoms with Crippen LogP contribution < -0.4 is 5.32 Å². The van der Waals surface area contributed by atoms with E-state index in [0.29, 0.717) is 0 Å². The van der Waals surface area contributed by atoms with E-state index in [4.69, 9.17) is 0 Å². The maximum atomic E-state index is 4.31. The van der Waals surface area contributed by atoms with Gasteiger partial charge >= 0.3 is 0 Å². The second kappa shape index (κ2) is 6.92. The first-order chi connectivity index (χ1) is 9.35. The van der Waals surface area contributed by atoms with E-state index in [0.717, 1.165) is 38.2 Å². The number of anilines is 1. The molecule has 0 unspecified atom stereocenters. The Hall–Kier alpha value is -1.84. The molecular weight excluding hydrogens is 236 g/mol. The molecule has 0 aliphatic rings. The van der Waals surface area contributed by atoms with Gasteiger partial charge in [-0.3, -0.25) is 0 Å². The van der Waals surface area contributed by atoms with Crippen LogP contribution in [-0.2, 0) is 19.5 Å². The average Bonchev–Trinajstić information content (AvgIpc) is 2.86. The van der Waals surface area contributed by atoms with Gasteiger partial charge in [0.15, 0.2) is 0 Å². The third-order valence-electron chi connectivity index (χ3n) is 3.10. The van der Waals surface area contributed by atoms with Crippen molar-refractivity contribution < 1.29 is 0 Å². The Morgan fingerprint density at radius 1 is 1.16 bits per heavy atom. The van der Waals surface area contributed by atoms with Crippen LogP contribution in [0.25, 0.3) is 0 Å². The van der Waals surface area contributed by atoms with Gasteiger partial charge in [-0.2, -0.15) is 5.10 Å². The van der Waals surface area contributed by atoms with Gasteiger partial charge in [-0.15, -0.1) is 0 Å². The van der Waals surface area contributed by atoms with Gasteiger partial charge in [-0.25, -0.2) is 9.67 Å². The fourth-order valence-electron chi connectivity index (χ4n) is 2.18. The van der Waals surface area contributed by atoms with Crippen molar-refractivity contribution in [2.24, 2.45) is 0 Å². The fourth-order valence-corrected chi connectivity index (χ4v) is 2.18. The summed E-state index contributed by atoms with van der Waals surface area (Å²) in [6.45, 7) is 6.00. The molecule has 0 radical (unpaired) electrons. The molecular formula is C15H22N4. The van der Waals surface area contributed by atoms with Gasteiger partial charge in [0.1, 0.15) is 12.2 Å². The number of para-hydroxylation sites is 1. The first kappa shape index (κ1) is 13.6. The molecule has 2 aromatic rings. The lowest BCUT2D eigenvalue weighted by Crippen LogP contribution is -2.10. The first-order valence-corrected chi connectivity index (χ1v) is 7.03. The molecule has 0 aliphatic carbocycles. The lowest BCUT2D eigenvalue weighted by atomic mass is 10.1. The van der Waals surface area contributed by atoms with Crippen molar-refractivity contribution >= 4 is 5.69 Å². The number of nitrogens with zero attached hydrogens (tertiary/aromatic N) is 3. The van der Waals surface area contributed by atoms with E-state index in [1.165, 1.54) is 11.3 Å². The zero-order chi connectivity index (χ0) is 13.5. The van der Waals surface area contributed by atoms with Crippen LogP contribution in [0.4, 0.5) is 5.69 Å². The SMILES string of the molecule is CCCc1ccccc1NCc1ncnn1CCC. The van der Waals surface area contributed by atoms with Crippen molar-refractivity contribution in [2.45, 2.75) is 46.2 Å². The van der Waals surface area contributed by atoms with Crippen LogP contribution in [-0.4, -0.2) is 14.8 Å². The third kappa shape index (κ3) is 3.56. The number of rotatable bonds is 7. The minimum atomic E-state index is 0.723. The molecule has 4 nitrogen and oxygen atoms in total. The van der Waals surface area contributed by atoms with Crippen LogP contribution >= 0.6 is 0 Å². The van der Waals surface area contributed by atoms with Crippen LogP contribution in [0, 0.1) is 0 Å². The van der Waals surface area contributed by atoms with Crippen molar-refractivity contribution in [3.8, 4) is 0 Å². The highest BCUT2D eigenvalue weighted by atomic mass is 15.3. The number of aryl methyl sites for hydroxylation is 2. The van der Waals surface area contributed by atoms with Crippen LogP contribution in [0.1, 0.15) is 38.1 Å². The normalized spacial score (nSPS) is 10.6. The predicted octanol–water partition coefficient (Wildman–Crippen LogP) is 3.25. The summed E-state index contributed by atoms with van der Waals surface area (Å²) in [5.74, 6) is 0.994. The van der Waals surface area contributed by atoms with Gasteiger partial charge < -0.3 is 5.32 Å². The van der Waals surface area contributed by atoms with E-state index >= 15 is 0 Å². The summed E-state index contributed by atoms with van der Waals surface area (Å²) in [7, 11) is 0. The second-order valence-corrected chi connectivity index (χ2v) is 4.66. The monoisotopic (exact) mass is 258 g/mol. The van der Waals surface area contributed by atoms with E-state index in [9.17, 15) is 0 Å². The lowest BCUT2D eigenvalue weighted by molar-refractivity contribution is 0.574. The van der Waals surface area contributed by atoms with Gasteiger partial charge in [0.25, 0.3) is 0 Å². The summed E-state index contributed by atoms with van der Waals surface area (Å²) in [5, 5.41) is 7.72. The number of hydrogen-bond acceptors (Lipinski definition) is 3. The zero-order valence-electron chi connectivity index (χ0n) is 11.8. The molecule has 0 aliphatic heterocycles. The molecule has 0 saturated carbocycles. The Morgan fingerprint density at radius 2 is 2.00 bits per heavy atom. The maximum Gasteiger partial charge on any atom is 0.146 e. The number of benzene rings is 1. The molecule has 1 N–H and O–H groups in total. The summed E-state index contributed by atoms with van der Waals surface area (Å²) >= 11 is 0. The Bertz CT molecular complexity index is 504. The summed E-state index contributed by atoms with van der Waals surface area (Å²) in [5.41, 5.74) is 2.57. The van der Waals surface area contributed by atoms with Gasteiger partial charge in [0.05, 0.1) is 6.54 Å². The average molecular weight is 258 g/mol. The molecule has 0 fully saturated rings. The Morgan fingerprint density at radius 3 is 2.79 bits per heavy atom. The topological polar surface area (TPSA) is 42.7 Å². The van der Waals surface area contributed by atoms with Gasteiger partial charge in [0, 0.05) is 12.2 Å². The van der Waals surface area contributed by atoms with Crippen molar-refractivity contribution in [3.63, 3.8) is 0 Å². The molecule has 1 aromatic heterocycles. The highest BCUT2D eigenvalue weighted by molar-refractivity contribution is 5.51. The molecule has 0 amide bonds. The summed E-state index contributed by atoms with van der Waals surface area (Å²) in [4.78, 5) is 4.31. The van der Waals surface area contributed by atoms with E-state index in [2.05, 4.69) is 53.5 Å². The molecule has 0 bridgehead atoms. The van der Waals surface area contributed by atoms with E-state index in [-0.39, 0.29) is 0 Å². The van der Waals surface area contributed by atoms with E-state index in [1.54, 1.807) is 6.33 Å². The number of aromatic nitrogens is 3. The third-order valence-corrected chi connectivity index (χ3v) is 3.10. The molecule has 0 saturated heterocycles. The standard InChI is InChI=1S/C15H22N4/c1-3-7-13-8-5-6-9-14(13)16-11-15-17-12-18-19(15)10-4-2/h5-6,8-9,12,16H,3-4,7,10-11H2,1-2H3. The van der Waals surface area contributed by atoms with E-state index < -0.39 is 0 Å². The fraction of sp³-hybridized carbons (Fsp3) is 0.467. The first-order valence-electron chi connectivity index (χ1n) is 7.03. The van der Waals surface area contributed by atoms with Crippen LogP contribution in [0.15, 0.2) is 30.6 Å².